The molecule has 0 aliphatic heterocycles. The van der Waals surface area contributed by atoms with E-state index >= 15 is 0 Å². The number of aliphatic carboxylic acids is 1. The maximum absolute atomic E-state index is 12.6. The van der Waals surface area contributed by atoms with Gasteiger partial charge in [-0.3, -0.25) is 9.59 Å². The summed E-state index contributed by atoms with van der Waals surface area (Å²) in [6, 6.07) is 1.33. The number of carboxylic acids is 1. The molecule has 0 fully saturated rings. The van der Waals surface area contributed by atoms with E-state index < -0.39 is 47.8 Å². The Balaban J connectivity index is 3.12. The smallest absolute Gasteiger partial charge is 0.471 e. The second kappa shape index (κ2) is 6.24. The van der Waals surface area contributed by atoms with Crippen molar-refractivity contribution >= 4 is 11.9 Å². The van der Waals surface area contributed by atoms with Gasteiger partial charge in [-0.2, -0.15) is 26.3 Å². The molecule has 0 spiro atoms. The summed E-state index contributed by atoms with van der Waals surface area (Å²) in [7, 11) is 0. The summed E-state index contributed by atoms with van der Waals surface area (Å²) in [6.07, 6.45) is -11.0. The Morgan fingerprint density at radius 2 is 1.73 bits per heavy atom. The van der Waals surface area contributed by atoms with E-state index in [1.54, 1.807) is 0 Å². The van der Waals surface area contributed by atoms with E-state index in [1.807, 2.05) is 0 Å². The van der Waals surface area contributed by atoms with Crippen molar-refractivity contribution in [2.24, 2.45) is 0 Å². The van der Waals surface area contributed by atoms with Crippen LogP contribution in [-0.2, 0) is 15.8 Å². The van der Waals surface area contributed by atoms with E-state index in [-0.39, 0.29) is 0 Å². The number of amides is 1. The van der Waals surface area contributed by atoms with Crippen LogP contribution in [0.3, 0.4) is 0 Å². The molecular formula is C12H9F6NO3. The van der Waals surface area contributed by atoms with Gasteiger partial charge >= 0.3 is 24.2 Å². The number of carboxylic acid groups (broad SMARTS) is 1. The fraction of sp³-hybridized carbons (Fsp3) is 0.333. The number of alkyl halides is 6. The number of hydrogen-bond donors (Lipinski definition) is 2. The first kappa shape index (κ1) is 17.8. The first-order chi connectivity index (χ1) is 9.91. The first-order valence-corrected chi connectivity index (χ1v) is 5.68. The van der Waals surface area contributed by atoms with Crippen molar-refractivity contribution in [3.63, 3.8) is 0 Å². The summed E-state index contributed by atoms with van der Waals surface area (Å²) in [5, 5.41) is 10.0. The molecule has 22 heavy (non-hydrogen) atoms. The topological polar surface area (TPSA) is 66.4 Å². The number of carbonyl (C=O) groups is 2. The van der Waals surface area contributed by atoms with Gasteiger partial charge in [-0.1, -0.05) is 12.1 Å². The lowest BCUT2D eigenvalue weighted by Crippen LogP contribution is -2.39. The number of hydrogen-bond acceptors (Lipinski definition) is 2. The van der Waals surface area contributed by atoms with Gasteiger partial charge in [0.2, 0.25) is 0 Å². The zero-order chi connectivity index (χ0) is 17.1. The van der Waals surface area contributed by atoms with Crippen LogP contribution in [0, 0.1) is 0 Å². The van der Waals surface area contributed by atoms with Gasteiger partial charge in [-0.15, -0.1) is 0 Å². The van der Waals surface area contributed by atoms with Crippen LogP contribution < -0.4 is 5.32 Å². The van der Waals surface area contributed by atoms with Crippen LogP contribution in [0.4, 0.5) is 26.3 Å². The van der Waals surface area contributed by atoms with Crippen LogP contribution in [0.2, 0.25) is 0 Å². The van der Waals surface area contributed by atoms with Gasteiger partial charge in [0, 0.05) is 0 Å². The lowest BCUT2D eigenvalue weighted by molar-refractivity contribution is -0.174. The number of carbonyl (C=O) groups excluding carboxylic acids is 1. The van der Waals surface area contributed by atoms with Gasteiger partial charge in [0.1, 0.15) is 0 Å². The fourth-order valence-electron chi connectivity index (χ4n) is 1.60. The lowest BCUT2D eigenvalue weighted by Gasteiger charge is -2.19. The number of halogens is 6. The van der Waals surface area contributed by atoms with E-state index in [1.165, 1.54) is 5.32 Å². The van der Waals surface area contributed by atoms with Crippen molar-refractivity contribution in [1.29, 1.82) is 0 Å². The fourth-order valence-corrected chi connectivity index (χ4v) is 1.60. The Morgan fingerprint density at radius 3 is 2.18 bits per heavy atom. The van der Waals surface area contributed by atoms with Crippen molar-refractivity contribution in [3.05, 3.63) is 35.4 Å². The molecule has 0 aliphatic rings. The van der Waals surface area contributed by atoms with Crippen LogP contribution in [0.5, 0.6) is 0 Å². The standard InChI is InChI=1S/C12H9F6NO3/c13-11(14,15)7-3-1-2-6(4-7)8(5-9(20)21)19-10(22)12(16,17)18/h1-4,8H,5H2,(H,19,22)(H,20,21). The van der Waals surface area contributed by atoms with Crippen molar-refractivity contribution in [2.75, 3.05) is 0 Å². The van der Waals surface area contributed by atoms with Crippen molar-refractivity contribution in [3.8, 4) is 0 Å². The van der Waals surface area contributed by atoms with Gasteiger partial charge in [-0.25, -0.2) is 0 Å². The zero-order valence-electron chi connectivity index (χ0n) is 10.6. The normalized spacial score (nSPS) is 13.5. The Kier molecular flexibility index (Phi) is 5.05. The summed E-state index contributed by atoms with van der Waals surface area (Å²) < 4.78 is 74.3. The summed E-state index contributed by atoms with van der Waals surface area (Å²) in [4.78, 5) is 21.5. The molecule has 0 aliphatic carbocycles. The van der Waals surface area contributed by atoms with E-state index in [0.29, 0.717) is 12.1 Å². The quantitative estimate of drug-likeness (QED) is 0.835. The number of rotatable bonds is 4. The van der Waals surface area contributed by atoms with Crippen molar-refractivity contribution < 1.29 is 41.0 Å². The molecule has 0 saturated carbocycles. The summed E-state index contributed by atoms with van der Waals surface area (Å²) in [5.74, 6) is -4.01. The second-order valence-electron chi connectivity index (χ2n) is 4.24. The molecule has 0 heterocycles. The Morgan fingerprint density at radius 1 is 1.14 bits per heavy atom. The van der Waals surface area contributed by atoms with Gasteiger partial charge in [0.05, 0.1) is 18.0 Å². The second-order valence-corrected chi connectivity index (χ2v) is 4.24. The predicted octanol–water partition coefficient (Wildman–Crippen LogP) is 2.90. The van der Waals surface area contributed by atoms with Crippen molar-refractivity contribution in [1.82, 2.24) is 5.32 Å². The van der Waals surface area contributed by atoms with Crippen LogP contribution in [0.25, 0.3) is 0 Å². The highest BCUT2D eigenvalue weighted by Crippen LogP contribution is 2.31. The van der Waals surface area contributed by atoms with Crippen LogP contribution >= 0.6 is 0 Å². The minimum atomic E-state index is -5.28. The van der Waals surface area contributed by atoms with Crippen LogP contribution in [0.15, 0.2) is 24.3 Å². The zero-order valence-corrected chi connectivity index (χ0v) is 10.6. The van der Waals surface area contributed by atoms with E-state index in [2.05, 4.69) is 0 Å². The monoisotopic (exact) mass is 329 g/mol. The molecule has 0 saturated heterocycles. The Bertz CT molecular complexity index is 567. The average molecular weight is 329 g/mol. The Hall–Kier alpha value is -2.26. The minimum Gasteiger partial charge on any atom is -0.481 e. The predicted molar refractivity (Wildman–Crippen MR) is 60.6 cm³/mol. The van der Waals surface area contributed by atoms with Crippen molar-refractivity contribution in [2.45, 2.75) is 24.8 Å². The van der Waals surface area contributed by atoms with E-state index in [0.717, 1.165) is 12.1 Å². The molecule has 0 aromatic heterocycles. The highest BCUT2D eigenvalue weighted by molar-refractivity contribution is 5.82. The van der Waals surface area contributed by atoms with Gasteiger partial charge in [-0.05, 0) is 17.7 Å². The maximum Gasteiger partial charge on any atom is 0.471 e. The number of nitrogens with one attached hydrogen (secondary N) is 1. The molecule has 0 radical (unpaired) electrons. The number of benzene rings is 1. The molecule has 1 unspecified atom stereocenters. The molecule has 4 nitrogen and oxygen atoms in total. The largest absolute Gasteiger partial charge is 0.481 e. The van der Waals surface area contributed by atoms with Gasteiger partial charge in [0.25, 0.3) is 0 Å². The molecule has 1 atom stereocenters. The summed E-state index contributed by atoms with van der Waals surface area (Å²) in [5.41, 5.74) is -1.56. The van der Waals surface area contributed by atoms with Gasteiger partial charge < -0.3 is 10.4 Å². The molecule has 1 aromatic rings. The first-order valence-electron chi connectivity index (χ1n) is 5.68. The highest BCUT2D eigenvalue weighted by atomic mass is 19.4. The third kappa shape index (κ3) is 4.93. The molecule has 1 amide bonds. The molecule has 122 valence electrons. The summed E-state index contributed by atoms with van der Waals surface area (Å²) in [6.45, 7) is 0. The van der Waals surface area contributed by atoms with E-state index in [9.17, 15) is 35.9 Å². The third-order valence-electron chi connectivity index (χ3n) is 2.56. The third-order valence-corrected chi connectivity index (χ3v) is 2.56. The molecule has 0 bridgehead atoms. The van der Waals surface area contributed by atoms with Gasteiger partial charge in [0.15, 0.2) is 0 Å². The van der Waals surface area contributed by atoms with Crippen LogP contribution in [-0.4, -0.2) is 23.2 Å². The van der Waals surface area contributed by atoms with E-state index in [4.69, 9.17) is 5.11 Å². The average Bonchev–Trinajstić information content (AvgIpc) is 2.35. The van der Waals surface area contributed by atoms with Crippen LogP contribution in [0.1, 0.15) is 23.6 Å². The lowest BCUT2D eigenvalue weighted by atomic mass is 10.0. The molecule has 10 heteroatoms. The summed E-state index contributed by atoms with van der Waals surface area (Å²) >= 11 is 0. The Labute approximate surface area is 119 Å². The SMILES string of the molecule is O=C(O)CC(NC(=O)C(F)(F)F)c1cccc(C(F)(F)F)c1. The highest BCUT2D eigenvalue weighted by Gasteiger charge is 2.40. The molecular weight excluding hydrogens is 320 g/mol. The maximum atomic E-state index is 12.6. The molecule has 2 N–H and O–H groups in total. The molecule has 1 rings (SSSR count). The minimum absolute atomic E-state index is 0.394. The molecule has 1 aromatic carbocycles.